The van der Waals surface area contributed by atoms with E-state index in [9.17, 15) is 4.79 Å². The van der Waals surface area contributed by atoms with Gasteiger partial charge in [0, 0.05) is 23.8 Å². The van der Waals surface area contributed by atoms with Gasteiger partial charge in [-0.1, -0.05) is 12.1 Å². The predicted molar refractivity (Wildman–Crippen MR) is 62.5 cm³/mol. The van der Waals surface area contributed by atoms with Crippen LogP contribution in [0.2, 0.25) is 0 Å². The Kier molecular flexibility index (Phi) is 2.76. The highest BCUT2D eigenvalue weighted by molar-refractivity contribution is 5.95. The lowest BCUT2D eigenvalue weighted by molar-refractivity contribution is 0.101. The van der Waals surface area contributed by atoms with E-state index >= 15 is 0 Å². The van der Waals surface area contributed by atoms with Crippen molar-refractivity contribution in [3.05, 3.63) is 29.8 Å². The lowest BCUT2D eigenvalue weighted by Crippen LogP contribution is -2.26. The van der Waals surface area contributed by atoms with Gasteiger partial charge in [-0.05, 0) is 38.8 Å². The third-order valence-corrected chi connectivity index (χ3v) is 3.14. The summed E-state index contributed by atoms with van der Waals surface area (Å²) in [4.78, 5) is 13.7. The van der Waals surface area contributed by atoms with Crippen molar-refractivity contribution in [1.29, 1.82) is 0 Å². The molecular weight excluding hydrogens is 186 g/mol. The van der Waals surface area contributed by atoms with Crippen molar-refractivity contribution >= 4 is 11.5 Å². The first kappa shape index (κ1) is 10.2. The van der Waals surface area contributed by atoms with Gasteiger partial charge in [0.2, 0.25) is 0 Å². The summed E-state index contributed by atoms with van der Waals surface area (Å²) in [5, 5.41) is 0. The molecule has 1 unspecified atom stereocenters. The first-order chi connectivity index (χ1) is 7.18. The number of hydrogen-bond donors (Lipinski definition) is 0. The van der Waals surface area contributed by atoms with Gasteiger partial charge in [0.25, 0.3) is 0 Å². The molecule has 1 aromatic carbocycles. The number of nitrogens with zero attached hydrogens (tertiary/aromatic N) is 1. The lowest BCUT2D eigenvalue weighted by Gasteiger charge is -2.24. The summed E-state index contributed by atoms with van der Waals surface area (Å²) in [6.07, 6.45) is 2.51. The van der Waals surface area contributed by atoms with Crippen molar-refractivity contribution in [2.24, 2.45) is 0 Å². The van der Waals surface area contributed by atoms with Gasteiger partial charge in [-0.25, -0.2) is 0 Å². The minimum atomic E-state index is 0.142. The Labute approximate surface area is 90.9 Å². The Morgan fingerprint density at radius 3 is 2.87 bits per heavy atom. The number of carbonyl (C=O) groups excluding carboxylic acids is 1. The second-order valence-electron chi connectivity index (χ2n) is 4.29. The highest BCUT2D eigenvalue weighted by Crippen LogP contribution is 2.25. The molecule has 1 heterocycles. The Balaban J connectivity index is 2.28. The molecule has 2 nitrogen and oxygen atoms in total. The van der Waals surface area contributed by atoms with Crippen molar-refractivity contribution in [1.82, 2.24) is 0 Å². The van der Waals surface area contributed by atoms with Gasteiger partial charge in [0.15, 0.2) is 5.78 Å². The van der Waals surface area contributed by atoms with Crippen molar-refractivity contribution < 1.29 is 4.79 Å². The maximum Gasteiger partial charge on any atom is 0.159 e. The molecule has 1 aromatic rings. The third-order valence-electron chi connectivity index (χ3n) is 3.14. The van der Waals surface area contributed by atoms with Crippen LogP contribution < -0.4 is 4.90 Å². The Morgan fingerprint density at radius 2 is 2.27 bits per heavy atom. The van der Waals surface area contributed by atoms with Gasteiger partial charge in [0.05, 0.1) is 0 Å². The first-order valence-corrected chi connectivity index (χ1v) is 5.56. The van der Waals surface area contributed by atoms with Crippen molar-refractivity contribution in [3.63, 3.8) is 0 Å². The van der Waals surface area contributed by atoms with Crippen LogP contribution in [-0.2, 0) is 0 Å². The molecule has 1 fully saturated rings. The van der Waals surface area contributed by atoms with Gasteiger partial charge in [-0.3, -0.25) is 4.79 Å². The molecule has 80 valence electrons. The molecule has 0 spiro atoms. The second-order valence-corrected chi connectivity index (χ2v) is 4.29. The highest BCUT2D eigenvalue weighted by Gasteiger charge is 2.20. The van der Waals surface area contributed by atoms with E-state index in [0.29, 0.717) is 6.04 Å². The molecule has 0 amide bonds. The summed E-state index contributed by atoms with van der Waals surface area (Å²) in [6.45, 7) is 4.97. The van der Waals surface area contributed by atoms with Crippen LogP contribution in [0.5, 0.6) is 0 Å². The minimum Gasteiger partial charge on any atom is -0.369 e. The van der Waals surface area contributed by atoms with Crippen molar-refractivity contribution in [3.8, 4) is 0 Å². The molecule has 0 saturated carbocycles. The highest BCUT2D eigenvalue weighted by atomic mass is 16.1. The van der Waals surface area contributed by atoms with Crippen LogP contribution in [0.25, 0.3) is 0 Å². The van der Waals surface area contributed by atoms with Crippen molar-refractivity contribution in [2.45, 2.75) is 32.7 Å². The van der Waals surface area contributed by atoms with Crippen LogP contribution in [0.15, 0.2) is 24.3 Å². The van der Waals surface area contributed by atoms with E-state index in [1.807, 2.05) is 18.2 Å². The van der Waals surface area contributed by atoms with Gasteiger partial charge >= 0.3 is 0 Å². The summed E-state index contributed by atoms with van der Waals surface area (Å²) in [6, 6.07) is 8.55. The summed E-state index contributed by atoms with van der Waals surface area (Å²) in [5.41, 5.74) is 2.00. The topological polar surface area (TPSA) is 20.3 Å². The zero-order valence-electron chi connectivity index (χ0n) is 9.36. The number of carbonyl (C=O) groups is 1. The van der Waals surface area contributed by atoms with E-state index in [-0.39, 0.29) is 5.78 Å². The summed E-state index contributed by atoms with van der Waals surface area (Å²) < 4.78 is 0. The number of benzene rings is 1. The largest absolute Gasteiger partial charge is 0.369 e. The van der Waals surface area contributed by atoms with Gasteiger partial charge in [-0.15, -0.1) is 0 Å². The van der Waals surface area contributed by atoms with Crippen LogP contribution in [0.1, 0.15) is 37.0 Å². The SMILES string of the molecule is CC(=O)c1cccc(N2CCCC2C)c1. The maximum atomic E-state index is 11.3. The van der Waals surface area contributed by atoms with Gasteiger partial charge < -0.3 is 4.90 Å². The molecular formula is C13H17NO. The van der Waals surface area contributed by atoms with E-state index in [2.05, 4.69) is 17.9 Å². The second kappa shape index (κ2) is 4.05. The molecule has 0 radical (unpaired) electrons. The quantitative estimate of drug-likeness (QED) is 0.689. The Hall–Kier alpha value is -1.31. The van der Waals surface area contributed by atoms with E-state index in [0.717, 1.165) is 12.1 Å². The summed E-state index contributed by atoms with van der Waals surface area (Å²) in [7, 11) is 0. The lowest BCUT2D eigenvalue weighted by atomic mass is 10.1. The van der Waals surface area contributed by atoms with Gasteiger partial charge in [-0.2, -0.15) is 0 Å². The van der Waals surface area contributed by atoms with E-state index in [4.69, 9.17) is 0 Å². The molecule has 2 rings (SSSR count). The van der Waals surface area contributed by atoms with Crippen LogP contribution >= 0.6 is 0 Å². The average molecular weight is 203 g/mol. The average Bonchev–Trinajstić information content (AvgIpc) is 2.64. The number of rotatable bonds is 2. The standard InChI is InChI=1S/C13H17NO/c1-10-5-4-8-14(10)13-7-3-6-12(9-13)11(2)15/h3,6-7,9-10H,4-5,8H2,1-2H3. The molecule has 0 N–H and O–H groups in total. The molecule has 1 aliphatic heterocycles. The molecule has 0 bridgehead atoms. The first-order valence-electron chi connectivity index (χ1n) is 5.56. The number of ketones is 1. The van der Waals surface area contributed by atoms with E-state index in [1.165, 1.54) is 18.5 Å². The normalized spacial score (nSPS) is 20.7. The molecule has 1 atom stereocenters. The zero-order chi connectivity index (χ0) is 10.8. The Bertz CT molecular complexity index is 373. The number of Topliss-reactive ketones (excluding diaryl/α,β-unsaturated/α-hetero) is 1. The fourth-order valence-electron chi connectivity index (χ4n) is 2.22. The van der Waals surface area contributed by atoms with Crippen LogP contribution in [-0.4, -0.2) is 18.4 Å². The summed E-state index contributed by atoms with van der Waals surface area (Å²) in [5.74, 6) is 0.142. The van der Waals surface area contributed by atoms with Crippen LogP contribution in [0.4, 0.5) is 5.69 Å². The Morgan fingerprint density at radius 1 is 1.47 bits per heavy atom. The molecule has 0 aliphatic carbocycles. The monoisotopic (exact) mass is 203 g/mol. The molecule has 1 aliphatic rings. The van der Waals surface area contributed by atoms with E-state index < -0.39 is 0 Å². The van der Waals surface area contributed by atoms with Crippen LogP contribution in [0, 0.1) is 0 Å². The van der Waals surface area contributed by atoms with Crippen LogP contribution in [0.3, 0.4) is 0 Å². The fourth-order valence-corrected chi connectivity index (χ4v) is 2.22. The number of hydrogen-bond acceptors (Lipinski definition) is 2. The minimum absolute atomic E-state index is 0.142. The fraction of sp³-hybridized carbons (Fsp3) is 0.462. The summed E-state index contributed by atoms with van der Waals surface area (Å²) >= 11 is 0. The number of anilines is 1. The smallest absolute Gasteiger partial charge is 0.159 e. The molecule has 1 saturated heterocycles. The van der Waals surface area contributed by atoms with Gasteiger partial charge in [0.1, 0.15) is 0 Å². The molecule has 15 heavy (non-hydrogen) atoms. The molecule has 0 aromatic heterocycles. The molecule has 2 heteroatoms. The van der Waals surface area contributed by atoms with E-state index in [1.54, 1.807) is 6.92 Å². The third kappa shape index (κ3) is 2.04. The maximum absolute atomic E-state index is 11.3. The predicted octanol–water partition coefficient (Wildman–Crippen LogP) is 2.88. The zero-order valence-corrected chi connectivity index (χ0v) is 9.36. The van der Waals surface area contributed by atoms with Crippen molar-refractivity contribution in [2.75, 3.05) is 11.4 Å².